The average Bonchev–Trinajstić information content (AvgIpc) is 3.66. The second kappa shape index (κ2) is 11.8. The zero-order valence-corrected chi connectivity index (χ0v) is 21.8. The van der Waals surface area contributed by atoms with Crippen LogP contribution in [0.25, 0.3) is 0 Å². The molecule has 37 heavy (non-hydrogen) atoms. The molecule has 1 spiro atoms. The Morgan fingerprint density at radius 3 is 2.32 bits per heavy atom. The van der Waals surface area contributed by atoms with Gasteiger partial charge in [0.05, 0.1) is 7.11 Å². The van der Waals surface area contributed by atoms with Gasteiger partial charge in [-0.05, 0) is 79.4 Å². The Hall–Kier alpha value is -3.31. The van der Waals surface area contributed by atoms with Crippen molar-refractivity contribution in [2.75, 3.05) is 26.7 Å². The predicted molar refractivity (Wildman–Crippen MR) is 147 cm³/mol. The van der Waals surface area contributed by atoms with E-state index in [1.807, 2.05) is 30.3 Å². The molecule has 1 heterocycles. The summed E-state index contributed by atoms with van der Waals surface area (Å²) in [6, 6.07) is 26.9. The van der Waals surface area contributed by atoms with Crippen LogP contribution in [0.15, 0.2) is 78.9 Å². The van der Waals surface area contributed by atoms with Gasteiger partial charge in [0.1, 0.15) is 6.61 Å². The topological polar surface area (TPSA) is 50.8 Å². The summed E-state index contributed by atoms with van der Waals surface area (Å²) in [6.07, 6.45) is 5.25. The van der Waals surface area contributed by atoms with E-state index in [-0.39, 0.29) is 17.2 Å². The highest BCUT2D eigenvalue weighted by Crippen LogP contribution is 2.59. The first-order chi connectivity index (χ1) is 18.1. The number of ether oxygens (including phenoxy) is 2. The first kappa shape index (κ1) is 25.3. The summed E-state index contributed by atoms with van der Waals surface area (Å²) in [5.41, 5.74) is 3.92. The van der Waals surface area contributed by atoms with Crippen LogP contribution >= 0.6 is 0 Å². The minimum absolute atomic E-state index is 0.201. The van der Waals surface area contributed by atoms with E-state index in [9.17, 15) is 4.79 Å². The Balaban J connectivity index is 1.05. The van der Waals surface area contributed by atoms with Crippen LogP contribution in [0.3, 0.4) is 0 Å². The van der Waals surface area contributed by atoms with Crippen LogP contribution in [-0.2, 0) is 24.4 Å². The smallest absolute Gasteiger partial charge is 0.223 e. The lowest BCUT2D eigenvalue weighted by molar-refractivity contribution is -0.123. The Morgan fingerprint density at radius 1 is 0.919 bits per heavy atom. The number of rotatable bonds is 11. The zero-order chi connectivity index (χ0) is 25.5. The highest BCUT2D eigenvalue weighted by molar-refractivity contribution is 5.82. The first-order valence-electron chi connectivity index (χ1n) is 13.5. The molecular weight excluding hydrogens is 460 g/mol. The van der Waals surface area contributed by atoms with Gasteiger partial charge in [-0.2, -0.15) is 0 Å². The van der Waals surface area contributed by atoms with Gasteiger partial charge < -0.3 is 14.8 Å². The van der Waals surface area contributed by atoms with Crippen molar-refractivity contribution in [3.05, 3.63) is 95.6 Å². The maximum absolute atomic E-state index is 12.8. The van der Waals surface area contributed by atoms with E-state index in [0.29, 0.717) is 6.61 Å². The molecule has 3 aromatic carbocycles. The predicted octanol–water partition coefficient (Wildman–Crippen LogP) is 5.63. The molecule has 3 aromatic rings. The number of piperidine rings is 1. The minimum atomic E-state index is 0.201. The highest BCUT2D eigenvalue weighted by Gasteiger charge is 2.58. The second-order valence-electron chi connectivity index (χ2n) is 10.5. The summed E-state index contributed by atoms with van der Waals surface area (Å²) in [4.78, 5) is 15.3. The largest absolute Gasteiger partial charge is 0.493 e. The third-order valence-electron chi connectivity index (χ3n) is 8.01. The fourth-order valence-electron chi connectivity index (χ4n) is 5.62. The zero-order valence-electron chi connectivity index (χ0n) is 21.8. The van der Waals surface area contributed by atoms with E-state index in [0.717, 1.165) is 75.3 Å². The molecule has 194 valence electrons. The molecule has 0 bridgehead atoms. The molecule has 1 N–H and O–H groups in total. The van der Waals surface area contributed by atoms with Crippen molar-refractivity contribution in [3.63, 3.8) is 0 Å². The van der Waals surface area contributed by atoms with Crippen LogP contribution in [0.1, 0.15) is 42.4 Å². The van der Waals surface area contributed by atoms with Gasteiger partial charge in [0.15, 0.2) is 11.5 Å². The van der Waals surface area contributed by atoms with Crippen molar-refractivity contribution in [1.29, 1.82) is 0 Å². The van der Waals surface area contributed by atoms with Crippen molar-refractivity contribution in [1.82, 2.24) is 10.2 Å². The van der Waals surface area contributed by atoms with Crippen molar-refractivity contribution in [2.24, 2.45) is 11.3 Å². The maximum Gasteiger partial charge on any atom is 0.223 e. The van der Waals surface area contributed by atoms with Crippen LogP contribution < -0.4 is 14.8 Å². The van der Waals surface area contributed by atoms with Crippen molar-refractivity contribution in [2.45, 2.75) is 45.3 Å². The highest BCUT2D eigenvalue weighted by atomic mass is 16.5. The standard InChI is InChI=1S/C32H38N2O3/c1-36-30-21-27(14-15-29(30)37-24-26-11-6-3-7-12-26)23-34-19-16-32(17-20-34)22-28(32)31(35)33-18-8-13-25-9-4-2-5-10-25/h2-7,9-12,14-15,21,28H,8,13,16-20,22-24H2,1H3,(H,33,35). The number of benzene rings is 3. The Kier molecular flexibility index (Phi) is 8.10. The van der Waals surface area contributed by atoms with Crippen LogP contribution in [0.5, 0.6) is 11.5 Å². The van der Waals surface area contributed by atoms with E-state index in [2.05, 4.69) is 58.7 Å². The third kappa shape index (κ3) is 6.53. The first-order valence-corrected chi connectivity index (χ1v) is 13.5. The number of methoxy groups -OCH3 is 1. The molecular formula is C32H38N2O3. The molecule has 1 aliphatic carbocycles. The van der Waals surface area contributed by atoms with Gasteiger partial charge in [-0.15, -0.1) is 0 Å². The molecule has 2 aliphatic rings. The third-order valence-corrected chi connectivity index (χ3v) is 8.01. The number of carbonyl (C=O) groups excluding carboxylic acids is 1. The molecule has 5 heteroatoms. The van der Waals surface area contributed by atoms with Crippen molar-refractivity contribution in [3.8, 4) is 11.5 Å². The van der Waals surface area contributed by atoms with Gasteiger partial charge in [-0.3, -0.25) is 9.69 Å². The van der Waals surface area contributed by atoms with Crippen LogP contribution in [0.4, 0.5) is 0 Å². The van der Waals surface area contributed by atoms with Gasteiger partial charge >= 0.3 is 0 Å². The lowest BCUT2D eigenvalue weighted by Crippen LogP contribution is -2.37. The van der Waals surface area contributed by atoms with Crippen molar-refractivity contribution < 1.29 is 14.3 Å². The van der Waals surface area contributed by atoms with E-state index in [4.69, 9.17) is 9.47 Å². The fraction of sp³-hybridized carbons (Fsp3) is 0.406. The quantitative estimate of drug-likeness (QED) is 0.349. The molecule has 1 saturated heterocycles. The summed E-state index contributed by atoms with van der Waals surface area (Å²) >= 11 is 0. The molecule has 5 rings (SSSR count). The van der Waals surface area contributed by atoms with E-state index >= 15 is 0 Å². The minimum Gasteiger partial charge on any atom is -0.493 e. The molecule has 1 amide bonds. The SMILES string of the molecule is COc1cc(CN2CCC3(CC2)CC3C(=O)NCCCc2ccccc2)ccc1OCc1ccccc1. The number of hydrogen-bond donors (Lipinski definition) is 1. The van der Waals surface area contributed by atoms with Crippen LogP contribution in [-0.4, -0.2) is 37.6 Å². The molecule has 1 aliphatic heterocycles. The normalized spacial score (nSPS) is 18.4. The van der Waals surface area contributed by atoms with Crippen LogP contribution in [0.2, 0.25) is 0 Å². The van der Waals surface area contributed by atoms with E-state index in [1.165, 1.54) is 11.1 Å². The van der Waals surface area contributed by atoms with Crippen molar-refractivity contribution >= 4 is 5.91 Å². The molecule has 5 nitrogen and oxygen atoms in total. The number of carbonyl (C=O) groups is 1. The summed E-state index contributed by atoms with van der Waals surface area (Å²) in [5, 5.41) is 3.20. The number of nitrogens with one attached hydrogen (secondary N) is 1. The monoisotopic (exact) mass is 498 g/mol. The van der Waals surface area contributed by atoms with Crippen LogP contribution in [0, 0.1) is 11.3 Å². The van der Waals surface area contributed by atoms with Gasteiger partial charge in [-0.25, -0.2) is 0 Å². The van der Waals surface area contributed by atoms with E-state index < -0.39 is 0 Å². The summed E-state index contributed by atoms with van der Waals surface area (Å²) in [5.74, 6) is 2.00. The Labute approximate surface area is 220 Å². The average molecular weight is 499 g/mol. The lowest BCUT2D eigenvalue weighted by atomic mass is 9.90. The summed E-state index contributed by atoms with van der Waals surface area (Å²) in [7, 11) is 1.69. The molecule has 2 fully saturated rings. The Morgan fingerprint density at radius 2 is 1.62 bits per heavy atom. The van der Waals surface area contributed by atoms with Gasteiger partial charge in [0, 0.05) is 19.0 Å². The fourth-order valence-corrected chi connectivity index (χ4v) is 5.62. The molecule has 0 aromatic heterocycles. The van der Waals surface area contributed by atoms with Gasteiger partial charge in [0.2, 0.25) is 5.91 Å². The number of aryl methyl sites for hydroxylation is 1. The van der Waals surface area contributed by atoms with Gasteiger partial charge in [-0.1, -0.05) is 66.7 Å². The number of likely N-dealkylation sites (tertiary alicyclic amines) is 1. The molecule has 1 unspecified atom stereocenters. The Bertz CT molecular complexity index is 1160. The molecule has 1 saturated carbocycles. The molecule has 1 atom stereocenters. The number of hydrogen-bond acceptors (Lipinski definition) is 4. The summed E-state index contributed by atoms with van der Waals surface area (Å²) < 4.78 is 11.6. The summed E-state index contributed by atoms with van der Waals surface area (Å²) in [6.45, 7) is 4.24. The second-order valence-corrected chi connectivity index (χ2v) is 10.5. The van der Waals surface area contributed by atoms with E-state index in [1.54, 1.807) is 7.11 Å². The molecule has 0 radical (unpaired) electrons. The maximum atomic E-state index is 12.8. The van der Waals surface area contributed by atoms with Gasteiger partial charge in [0.25, 0.3) is 0 Å². The number of amides is 1. The lowest BCUT2D eigenvalue weighted by Gasteiger charge is -2.33. The number of nitrogens with zero attached hydrogens (tertiary/aromatic N) is 1.